The van der Waals surface area contributed by atoms with Crippen molar-refractivity contribution in [3.05, 3.63) is 51.5 Å². The molecule has 116 valence electrons. The molecular formula is C14H11F3N2O2S. The summed E-state index contributed by atoms with van der Waals surface area (Å²) in [5.41, 5.74) is 0.278. The highest BCUT2D eigenvalue weighted by molar-refractivity contribution is 7.12. The Morgan fingerprint density at radius 2 is 1.86 bits per heavy atom. The zero-order chi connectivity index (χ0) is 16.3. The largest absolute Gasteiger partial charge is 0.342 e. The van der Waals surface area contributed by atoms with Crippen LogP contribution in [0.2, 0.25) is 0 Å². The number of amides is 2. The van der Waals surface area contributed by atoms with Gasteiger partial charge in [-0.25, -0.2) is 13.2 Å². The van der Waals surface area contributed by atoms with Gasteiger partial charge in [-0.15, -0.1) is 11.3 Å². The van der Waals surface area contributed by atoms with Crippen LogP contribution in [0.15, 0.2) is 23.6 Å². The van der Waals surface area contributed by atoms with Crippen LogP contribution in [0.3, 0.4) is 0 Å². The first-order chi connectivity index (χ1) is 10.4. The van der Waals surface area contributed by atoms with Crippen molar-refractivity contribution in [3.63, 3.8) is 0 Å². The molecule has 0 spiro atoms. The zero-order valence-corrected chi connectivity index (χ0v) is 12.2. The van der Waals surface area contributed by atoms with Gasteiger partial charge in [0, 0.05) is 0 Å². The number of hydrogen-bond donors (Lipinski definition) is 2. The Kier molecular flexibility index (Phi) is 4.81. The molecule has 1 aromatic heterocycles. The van der Waals surface area contributed by atoms with Crippen molar-refractivity contribution in [2.24, 2.45) is 0 Å². The highest BCUT2D eigenvalue weighted by atomic mass is 32.1. The van der Waals surface area contributed by atoms with Crippen molar-refractivity contribution in [2.45, 2.75) is 6.92 Å². The van der Waals surface area contributed by atoms with E-state index in [9.17, 15) is 22.8 Å². The minimum Gasteiger partial charge on any atom is -0.342 e. The lowest BCUT2D eigenvalue weighted by Crippen LogP contribution is -2.33. The second-order valence-corrected chi connectivity index (χ2v) is 5.30. The first-order valence-electron chi connectivity index (χ1n) is 6.15. The average molecular weight is 328 g/mol. The molecule has 2 amide bonds. The van der Waals surface area contributed by atoms with Gasteiger partial charge in [-0.3, -0.25) is 9.59 Å². The van der Waals surface area contributed by atoms with Crippen LogP contribution in [0.1, 0.15) is 15.2 Å². The van der Waals surface area contributed by atoms with Crippen LogP contribution in [-0.4, -0.2) is 18.4 Å². The minimum atomic E-state index is -1.67. The summed E-state index contributed by atoms with van der Waals surface area (Å²) in [7, 11) is 0. The first-order valence-corrected chi connectivity index (χ1v) is 7.03. The third kappa shape index (κ3) is 3.45. The summed E-state index contributed by atoms with van der Waals surface area (Å²) in [5, 5.41) is 6.16. The highest BCUT2D eigenvalue weighted by Crippen LogP contribution is 2.19. The quantitative estimate of drug-likeness (QED) is 0.848. The Balaban J connectivity index is 1.95. The van der Waals surface area contributed by atoms with Crippen LogP contribution in [0.5, 0.6) is 0 Å². The predicted octanol–water partition coefficient (Wildman–Crippen LogP) is 2.84. The van der Waals surface area contributed by atoms with Crippen molar-refractivity contribution in [2.75, 3.05) is 11.9 Å². The molecule has 0 fully saturated rings. The number of carbonyl (C=O) groups is 2. The topological polar surface area (TPSA) is 58.2 Å². The highest BCUT2D eigenvalue weighted by Gasteiger charge is 2.16. The van der Waals surface area contributed by atoms with E-state index in [0.29, 0.717) is 10.9 Å². The number of carbonyl (C=O) groups excluding carboxylic acids is 2. The van der Waals surface area contributed by atoms with Crippen LogP contribution in [0.25, 0.3) is 0 Å². The van der Waals surface area contributed by atoms with Gasteiger partial charge in [0.05, 0.1) is 17.1 Å². The standard InChI is InChI=1S/C14H11F3N2O2S/c1-7-4-5-22-13(7)14(21)18-6-10(20)19-9-3-2-8(15)11(16)12(9)17/h2-5H,6H2,1H3,(H,18,21)(H,19,20). The molecule has 8 heteroatoms. The fraction of sp³-hybridized carbons (Fsp3) is 0.143. The van der Waals surface area contributed by atoms with E-state index < -0.39 is 41.5 Å². The van der Waals surface area contributed by atoms with Crippen molar-refractivity contribution in [3.8, 4) is 0 Å². The maximum absolute atomic E-state index is 13.4. The molecule has 2 rings (SSSR count). The molecule has 4 nitrogen and oxygen atoms in total. The monoisotopic (exact) mass is 328 g/mol. The minimum absolute atomic E-state index is 0.422. The molecule has 22 heavy (non-hydrogen) atoms. The van der Waals surface area contributed by atoms with Gasteiger partial charge in [-0.1, -0.05) is 0 Å². The molecular weight excluding hydrogens is 317 g/mol. The van der Waals surface area contributed by atoms with E-state index in [1.165, 1.54) is 11.3 Å². The summed E-state index contributed by atoms with van der Waals surface area (Å²) >= 11 is 1.22. The number of halogens is 3. The van der Waals surface area contributed by atoms with Crippen LogP contribution in [0, 0.1) is 24.4 Å². The lowest BCUT2D eigenvalue weighted by Gasteiger charge is -2.08. The molecule has 0 radical (unpaired) electrons. The Morgan fingerprint density at radius 3 is 2.50 bits per heavy atom. The van der Waals surface area contributed by atoms with Gasteiger partial charge in [0.25, 0.3) is 5.91 Å². The summed E-state index contributed by atoms with van der Waals surface area (Å²) < 4.78 is 39.2. The third-order valence-electron chi connectivity index (χ3n) is 2.79. The fourth-order valence-electron chi connectivity index (χ4n) is 1.66. The molecule has 2 N–H and O–H groups in total. The van der Waals surface area contributed by atoms with Gasteiger partial charge in [0.1, 0.15) is 0 Å². The Hall–Kier alpha value is -2.35. The van der Waals surface area contributed by atoms with Crippen LogP contribution in [-0.2, 0) is 4.79 Å². The van der Waals surface area contributed by atoms with Crippen LogP contribution >= 0.6 is 11.3 Å². The molecule has 0 unspecified atom stereocenters. The first kappa shape index (κ1) is 16.0. The van der Waals surface area contributed by atoms with E-state index in [1.807, 2.05) is 0 Å². The second kappa shape index (κ2) is 6.61. The summed E-state index contributed by atoms with van der Waals surface area (Å²) in [6, 6.07) is 3.36. The number of benzene rings is 1. The summed E-state index contributed by atoms with van der Waals surface area (Å²) in [6.07, 6.45) is 0. The second-order valence-electron chi connectivity index (χ2n) is 4.39. The van der Waals surface area contributed by atoms with Gasteiger partial charge >= 0.3 is 0 Å². The van der Waals surface area contributed by atoms with Gasteiger partial charge in [0.2, 0.25) is 5.91 Å². The van der Waals surface area contributed by atoms with Gasteiger partial charge < -0.3 is 10.6 Å². The summed E-state index contributed by atoms with van der Waals surface area (Å²) in [6.45, 7) is 1.33. The summed E-state index contributed by atoms with van der Waals surface area (Å²) in [5.74, 6) is -5.71. The van der Waals surface area contributed by atoms with E-state index in [2.05, 4.69) is 10.6 Å². The van der Waals surface area contributed by atoms with Crippen LogP contribution < -0.4 is 10.6 Å². The van der Waals surface area contributed by atoms with Crippen LogP contribution in [0.4, 0.5) is 18.9 Å². The lowest BCUT2D eigenvalue weighted by molar-refractivity contribution is -0.115. The zero-order valence-electron chi connectivity index (χ0n) is 11.4. The van der Waals surface area contributed by atoms with E-state index in [4.69, 9.17) is 0 Å². The van der Waals surface area contributed by atoms with Crippen molar-refractivity contribution in [1.29, 1.82) is 0 Å². The molecule has 0 aliphatic rings. The van der Waals surface area contributed by atoms with E-state index >= 15 is 0 Å². The number of anilines is 1. The molecule has 0 atom stereocenters. The van der Waals surface area contributed by atoms with E-state index in [0.717, 1.165) is 11.6 Å². The molecule has 0 bridgehead atoms. The molecule has 1 heterocycles. The van der Waals surface area contributed by atoms with Crippen molar-refractivity contribution >= 4 is 28.8 Å². The number of rotatable bonds is 4. The Labute approximate surface area is 128 Å². The average Bonchev–Trinajstić information content (AvgIpc) is 2.91. The molecule has 0 aliphatic carbocycles. The van der Waals surface area contributed by atoms with Gasteiger partial charge in [0.15, 0.2) is 17.5 Å². The van der Waals surface area contributed by atoms with E-state index in [1.54, 1.807) is 18.4 Å². The number of nitrogens with one attached hydrogen (secondary N) is 2. The Morgan fingerprint density at radius 1 is 1.14 bits per heavy atom. The maximum atomic E-state index is 13.4. The van der Waals surface area contributed by atoms with Gasteiger partial charge in [-0.05, 0) is 36.1 Å². The third-order valence-corrected chi connectivity index (χ3v) is 3.80. The van der Waals surface area contributed by atoms with E-state index in [-0.39, 0.29) is 0 Å². The fourth-order valence-corrected chi connectivity index (χ4v) is 2.50. The number of aryl methyl sites for hydroxylation is 1. The smallest absolute Gasteiger partial charge is 0.262 e. The number of thiophene rings is 1. The summed E-state index contributed by atoms with van der Waals surface area (Å²) in [4.78, 5) is 23.9. The predicted molar refractivity (Wildman–Crippen MR) is 76.3 cm³/mol. The number of hydrogen-bond acceptors (Lipinski definition) is 3. The van der Waals surface area contributed by atoms with Gasteiger partial charge in [-0.2, -0.15) is 0 Å². The molecule has 1 aromatic carbocycles. The van der Waals surface area contributed by atoms with Crippen molar-refractivity contribution < 1.29 is 22.8 Å². The lowest BCUT2D eigenvalue weighted by atomic mass is 10.2. The SMILES string of the molecule is Cc1ccsc1C(=O)NCC(=O)Nc1ccc(F)c(F)c1F. The molecule has 0 saturated heterocycles. The Bertz CT molecular complexity index is 731. The molecule has 0 saturated carbocycles. The normalized spacial score (nSPS) is 10.4. The molecule has 2 aromatic rings. The van der Waals surface area contributed by atoms with Crippen molar-refractivity contribution in [1.82, 2.24) is 5.32 Å². The molecule has 0 aliphatic heterocycles. The maximum Gasteiger partial charge on any atom is 0.262 e.